The minimum Gasteiger partial charge on any atom is -0.481 e. The molecule has 0 bridgehead atoms. The third-order valence-electron chi connectivity index (χ3n) is 5.04. The van der Waals surface area contributed by atoms with Crippen molar-refractivity contribution in [1.29, 1.82) is 0 Å². The van der Waals surface area contributed by atoms with Crippen LogP contribution in [0.25, 0.3) is 22.2 Å². The maximum atomic E-state index is 12.6. The molecular formula is C26H21ClN2O4. The maximum Gasteiger partial charge on any atom is 0.343 e. The number of carbonyl (C=O) groups excluding carboxylic acids is 2. The lowest BCUT2D eigenvalue weighted by atomic mass is 10.1. The minimum atomic E-state index is -0.506. The zero-order valence-corrected chi connectivity index (χ0v) is 18.8. The van der Waals surface area contributed by atoms with E-state index in [4.69, 9.17) is 26.1 Å². The number of aromatic nitrogens is 1. The van der Waals surface area contributed by atoms with Crippen molar-refractivity contribution in [3.63, 3.8) is 0 Å². The first kappa shape index (κ1) is 22.3. The van der Waals surface area contributed by atoms with Gasteiger partial charge in [0.15, 0.2) is 6.61 Å². The molecule has 0 saturated carbocycles. The second-order valence-electron chi connectivity index (χ2n) is 7.43. The van der Waals surface area contributed by atoms with Gasteiger partial charge in [-0.3, -0.25) is 4.79 Å². The number of fused-ring (bicyclic) bond motifs is 1. The Labute approximate surface area is 196 Å². The van der Waals surface area contributed by atoms with Gasteiger partial charge in [0, 0.05) is 33.3 Å². The third kappa shape index (κ3) is 5.30. The molecular weight excluding hydrogens is 440 g/mol. The van der Waals surface area contributed by atoms with Crippen molar-refractivity contribution in [2.24, 2.45) is 0 Å². The van der Waals surface area contributed by atoms with Crippen LogP contribution in [-0.2, 0) is 9.53 Å². The Morgan fingerprint density at radius 2 is 1.79 bits per heavy atom. The van der Waals surface area contributed by atoms with Gasteiger partial charge in [0.25, 0.3) is 5.91 Å². The van der Waals surface area contributed by atoms with Crippen molar-refractivity contribution in [2.75, 3.05) is 19.0 Å². The van der Waals surface area contributed by atoms with E-state index in [9.17, 15) is 9.59 Å². The molecule has 3 aromatic carbocycles. The fourth-order valence-electron chi connectivity index (χ4n) is 3.29. The lowest BCUT2D eigenvalue weighted by Crippen LogP contribution is -2.13. The predicted octanol–water partition coefficient (Wildman–Crippen LogP) is 5.67. The fraction of sp³-hybridized carbons (Fsp3) is 0.115. The fourth-order valence-corrected chi connectivity index (χ4v) is 3.48. The van der Waals surface area contributed by atoms with Gasteiger partial charge in [0.2, 0.25) is 0 Å². The molecule has 1 amide bonds. The summed E-state index contributed by atoms with van der Waals surface area (Å²) < 4.78 is 10.5. The number of methoxy groups -OCH3 is 1. The third-order valence-corrected chi connectivity index (χ3v) is 5.27. The van der Waals surface area contributed by atoms with Crippen molar-refractivity contribution < 1.29 is 19.1 Å². The summed E-state index contributed by atoms with van der Waals surface area (Å²) in [6, 6.07) is 21.7. The molecule has 0 atom stereocenters. The van der Waals surface area contributed by atoms with Crippen LogP contribution in [0.5, 0.6) is 5.75 Å². The minimum absolute atomic E-state index is 0.227. The first-order valence-corrected chi connectivity index (χ1v) is 10.6. The highest BCUT2D eigenvalue weighted by molar-refractivity contribution is 6.30. The smallest absolute Gasteiger partial charge is 0.343 e. The first-order chi connectivity index (χ1) is 15.9. The second-order valence-corrected chi connectivity index (χ2v) is 7.87. The van der Waals surface area contributed by atoms with Crippen molar-refractivity contribution >= 4 is 40.1 Å². The van der Waals surface area contributed by atoms with Gasteiger partial charge in [0.05, 0.1) is 18.3 Å². The number of nitrogens with zero attached hydrogens (tertiary/aromatic N) is 1. The topological polar surface area (TPSA) is 77.5 Å². The van der Waals surface area contributed by atoms with Crippen LogP contribution in [0.1, 0.15) is 15.9 Å². The van der Waals surface area contributed by atoms with E-state index in [1.165, 1.54) is 7.11 Å². The van der Waals surface area contributed by atoms with E-state index in [1.54, 1.807) is 48.5 Å². The van der Waals surface area contributed by atoms with Gasteiger partial charge in [-0.15, -0.1) is 0 Å². The van der Waals surface area contributed by atoms with Gasteiger partial charge in [-0.1, -0.05) is 41.4 Å². The van der Waals surface area contributed by atoms with Crippen LogP contribution >= 0.6 is 11.6 Å². The Hall–Kier alpha value is -3.90. The highest BCUT2D eigenvalue weighted by Gasteiger charge is 2.13. The predicted molar refractivity (Wildman–Crippen MR) is 129 cm³/mol. The Morgan fingerprint density at radius 3 is 2.52 bits per heavy atom. The molecule has 7 heteroatoms. The lowest BCUT2D eigenvalue weighted by Gasteiger charge is -2.13. The van der Waals surface area contributed by atoms with Crippen molar-refractivity contribution in [2.45, 2.75) is 6.92 Å². The van der Waals surface area contributed by atoms with E-state index in [0.717, 1.165) is 11.1 Å². The standard InChI is InChI=1S/C26H21ClN2O4/c1-16-6-8-17(9-7-16)26(31)28-20-10-11-22-21(13-20)24(33-15-25(30)32-2)14-23(29-22)18-4-3-5-19(27)12-18/h3-14H,15H2,1-2H3,(H,28,31). The number of nitrogens with one attached hydrogen (secondary N) is 1. The van der Waals surface area contributed by atoms with Crippen LogP contribution in [0.2, 0.25) is 5.02 Å². The zero-order chi connectivity index (χ0) is 23.4. The molecule has 0 radical (unpaired) electrons. The SMILES string of the molecule is COC(=O)COc1cc(-c2cccc(Cl)c2)nc2ccc(NC(=O)c3ccc(C)cc3)cc12. The van der Waals surface area contributed by atoms with Gasteiger partial charge in [-0.25, -0.2) is 9.78 Å². The number of hydrogen-bond acceptors (Lipinski definition) is 5. The molecule has 0 fully saturated rings. The number of anilines is 1. The summed E-state index contributed by atoms with van der Waals surface area (Å²) in [6.45, 7) is 1.70. The molecule has 0 saturated heterocycles. The molecule has 33 heavy (non-hydrogen) atoms. The van der Waals surface area contributed by atoms with Gasteiger partial charge < -0.3 is 14.8 Å². The van der Waals surface area contributed by atoms with Gasteiger partial charge in [-0.2, -0.15) is 0 Å². The van der Waals surface area contributed by atoms with Crippen LogP contribution in [0.15, 0.2) is 72.8 Å². The van der Waals surface area contributed by atoms with Gasteiger partial charge >= 0.3 is 5.97 Å². The number of pyridine rings is 1. The van der Waals surface area contributed by atoms with E-state index < -0.39 is 5.97 Å². The van der Waals surface area contributed by atoms with Crippen molar-refractivity contribution in [3.05, 3.63) is 88.9 Å². The summed E-state index contributed by atoms with van der Waals surface area (Å²) in [6.07, 6.45) is 0. The van der Waals surface area contributed by atoms with E-state index >= 15 is 0 Å². The zero-order valence-electron chi connectivity index (χ0n) is 18.1. The number of carbonyl (C=O) groups is 2. The number of rotatable bonds is 6. The number of amides is 1. The van der Waals surface area contributed by atoms with Crippen LogP contribution in [0.3, 0.4) is 0 Å². The van der Waals surface area contributed by atoms with E-state index in [-0.39, 0.29) is 12.5 Å². The maximum absolute atomic E-state index is 12.6. The average molecular weight is 461 g/mol. The molecule has 1 N–H and O–H groups in total. The Balaban J connectivity index is 1.72. The molecule has 0 aliphatic carbocycles. The molecule has 0 spiro atoms. The molecule has 0 aliphatic heterocycles. The summed E-state index contributed by atoms with van der Waals surface area (Å²) in [5, 5.41) is 4.12. The molecule has 0 unspecified atom stereocenters. The average Bonchev–Trinajstić information content (AvgIpc) is 2.82. The molecule has 1 aromatic heterocycles. The van der Waals surface area contributed by atoms with Crippen molar-refractivity contribution in [1.82, 2.24) is 4.98 Å². The highest BCUT2D eigenvalue weighted by atomic mass is 35.5. The normalized spacial score (nSPS) is 10.6. The van der Waals surface area contributed by atoms with E-state index in [0.29, 0.717) is 38.6 Å². The summed E-state index contributed by atoms with van der Waals surface area (Å²) in [5.74, 6) is -0.296. The molecule has 0 aliphatic rings. The number of ether oxygens (including phenoxy) is 2. The summed E-state index contributed by atoms with van der Waals surface area (Å²) in [7, 11) is 1.30. The molecule has 6 nitrogen and oxygen atoms in total. The lowest BCUT2D eigenvalue weighted by molar-refractivity contribution is -0.142. The number of benzene rings is 3. The van der Waals surface area contributed by atoms with Crippen LogP contribution in [0, 0.1) is 6.92 Å². The quantitative estimate of drug-likeness (QED) is 0.375. The number of halogens is 1. The first-order valence-electron chi connectivity index (χ1n) is 10.2. The number of aryl methyl sites for hydroxylation is 1. The monoisotopic (exact) mass is 460 g/mol. The largest absolute Gasteiger partial charge is 0.481 e. The van der Waals surface area contributed by atoms with Gasteiger partial charge in [-0.05, 0) is 49.4 Å². The van der Waals surface area contributed by atoms with Crippen LogP contribution < -0.4 is 10.1 Å². The summed E-state index contributed by atoms with van der Waals surface area (Å²) >= 11 is 6.14. The Bertz CT molecular complexity index is 1340. The van der Waals surface area contributed by atoms with Crippen LogP contribution in [0.4, 0.5) is 5.69 Å². The molecule has 1 heterocycles. The molecule has 166 valence electrons. The van der Waals surface area contributed by atoms with E-state index in [1.807, 2.05) is 31.2 Å². The Morgan fingerprint density at radius 1 is 1.00 bits per heavy atom. The summed E-state index contributed by atoms with van der Waals surface area (Å²) in [5.41, 5.74) is 4.29. The van der Waals surface area contributed by atoms with Gasteiger partial charge in [0.1, 0.15) is 5.75 Å². The van der Waals surface area contributed by atoms with Crippen molar-refractivity contribution in [3.8, 4) is 17.0 Å². The molecule has 4 rings (SSSR count). The van der Waals surface area contributed by atoms with Crippen LogP contribution in [-0.4, -0.2) is 30.6 Å². The summed E-state index contributed by atoms with van der Waals surface area (Å²) in [4.78, 5) is 29.0. The highest BCUT2D eigenvalue weighted by Crippen LogP contribution is 2.33. The Kier molecular flexibility index (Phi) is 6.56. The number of hydrogen-bond donors (Lipinski definition) is 1. The van der Waals surface area contributed by atoms with E-state index in [2.05, 4.69) is 5.32 Å². The number of esters is 1. The second kappa shape index (κ2) is 9.71. The molecule has 4 aromatic rings.